The highest BCUT2D eigenvalue weighted by atomic mass is 32.2. The lowest BCUT2D eigenvalue weighted by molar-refractivity contribution is 0.0330. The van der Waals surface area contributed by atoms with Gasteiger partial charge in [-0.25, -0.2) is 15.0 Å². The molecule has 0 radical (unpaired) electrons. The predicted octanol–water partition coefficient (Wildman–Crippen LogP) is 4.01. The number of ether oxygens (including phenoxy) is 1. The van der Waals surface area contributed by atoms with Crippen LogP contribution in [0.1, 0.15) is 35.3 Å². The van der Waals surface area contributed by atoms with Crippen molar-refractivity contribution in [2.45, 2.75) is 43.5 Å². The summed E-state index contributed by atoms with van der Waals surface area (Å²) in [6, 6.07) is 1.64. The molecule has 2 aliphatic rings. The molecule has 0 bridgehead atoms. The summed E-state index contributed by atoms with van der Waals surface area (Å²) >= 11 is 5.01. The second-order valence-corrected chi connectivity index (χ2v) is 11.7. The first-order chi connectivity index (χ1) is 16.1. The van der Waals surface area contributed by atoms with Gasteiger partial charge < -0.3 is 4.74 Å². The van der Waals surface area contributed by atoms with E-state index in [4.69, 9.17) is 19.7 Å². The van der Waals surface area contributed by atoms with Crippen molar-refractivity contribution in [3.05, 3.63) is 50.0 Å². The van der Waals surface area contributed by atoms with E-state index in [1.165, 1.54) is 33.6 Å². The Balaban J connectivity index is 1.36. The standard InChI is InChI=1S/C23H25N5O2S3/c1-14-2-3-16-17(10-14)33-22-20(16)21(25-18(26-22)12-27-4-7-30-8-5-27)32-13-15-11-19(29)28-6-9-31-23(28)24-15/h6,9,11,14H,2-5,7-8,10,12-13H2,1H3. The molecule has 1 atom stereocenters. The molecular formula is C23H25N5O2S3. The van der Waals surface area contributed by atoms with Gasteiger partial charge in [0.25, 0.3) is 5.56 Å². The zero-order chi connectivity index (χ0) is 22.4. The summed E-state index contributed by atoms with van der Waals surface area (Å²) < 4.78 is 7.10. The van der Waals surface area contributed by atoms with Gasteiger partial charge in [0.1, 0.15) is 15.7 Å². The molecule has 172 valence electrons. The minimum Gasteiger partial charge on any atom is -0.379 e. The van der Waals surface area contributed by atoms with Gasteiger partial charge in [-0.15, -0.1) is 22.7 Å². The van der Waals surface area contributed by atoms with Crippen LogP contribution in [0, 0.1) is 5.92 Å². The monoisotopic (exact) mass is 499 g/mol. The molecule has 1 fully saturated rings. The van der Waals surface area contributed by atoms with Crippen molar-refractivity contribution in [1.82, 2.24) is 24.3 Å². The molecule has 0 aromatic carbocycles. The Morgan fingerprint density at radius 1 is 1.24 bits per heavy atom. The van der Waals surface area contributed by atoms with Crippen molar-refractivity contribution < 1.29 is 4.74 Å². The van der Waals surface area contributed by atoms with Crippen LogP contribution >= 0.6 is 34.4 Å². The van der Waals surface area contributed by atoms with Crippen LogP contribution in [0.25, 0.3) is 15.2 Å². The first-order valence-electron chi connectivity index (χ1n) is 11.3. The van der Waals surface area contributed by atoms with Crippen LogP contribution in [-0.2, 0) is 29.9 Å². The fraction of sp³-hybridized carbons (Fsp3) is 0.478. The molecule has 1 aliphatic carbocycles. The highest BCUT2D eigenvalue weighted by Gasteiger charge is 2.25. The summed E-state index contributed by atoms with van der Waals surface area (Å²) in [6.07, 6.45) is 5.21. The summed E-state index contributed by atoms with van der Waals surface area (Å²) in [4.78, 5) is 32.9. The van der Waals surface area contributed by atoms with Crippen LogP contribution in [0.2, 0.25) is 0 Å². The number of fused-ring (bicyclic) bond motifs is 4. The number of thiophene rings is 1. The molecule has 6 rings (SSSR count). The third kappa shape index (κ3) is 4.35. The number of morpholine rings is 1. The lowest BCUT2D eigenvalue weighted by atomic mass is 9.89. The number of thiazole rings is 1. The van der Waals surface area contributed by atoms with E-state index in [1.54, 1.807) is 28.4 Å². The molecule has 10 heteroatoms. The normalized spacial score (nSPS) is 19.4. The van der Waals surface area contributed by atoms with E-state index in [0.29, 0.717) is 5.75 Å². The average Bonchev–Trinajstić information content (AvgIpc) is 3.42. The summed E-state index contributed by atoms with van der Waals surface area (Å²) in [7, 11) is 0. The topological polar surface area (TPSA) is 72.6 Å². The van der Waals surface area contributed by atoms with Gasteiger partial charge in [0.05, 0.1) is 25.5 Å². The molecule has 33 heavy (non-hydrogen) atoms. The summed E-state index contributed by atoms with van der Waals surface area (Å²) in [5.41, 5.74) is 2.21. The van der Waals surface area contributed by atoms with Crippen molar-refractivity contribution in [2.24, 2.45) is 5.92 Å². The SMILES string of the molecule is CC1CCc2c(sc3nc(CN4CCOCC4)nc(SCc4cc(=O)n5ccsc5n4)c23)C1. The second-order valence-electron chi connectivity index (χ2n) is 8.80. The van der Waals surface area contributed by atoms with Crippen LogP contribution in [0.3, 0.4) is 0 Å². The maximum Gasteiger partial charge on any atom is 0.258 e. The van der Waals surface area contributed by atoms with E-state index in [0.717, 1.165) is 77.9 Å². The van der Waals surface area contributed by atoms with Gasteiger partial charge in [-0.3, -0.25) is 14.1 Å². The third-order valence-corrected chi connectivity index (χ3v) is 9.26. The number of thioether (sulfide) groups is 1. The van der Waals surface area contributed by atoms with Crippen molar-refractivity contribution >= 4 is 49.6 Å². The highest BCUT2D eigenvalue weighted by molar-refractivity contribution is 7.98. The predicted molar refractivity (Wildman–Crippen MR) is 134 cm³/mol. The Kier molecular flexibility index (Phi) is 5.95. The number of aryl methyl sites for hydroxylation is 1. The summed E-state index contributed by atoms with van der Waals surface area (Å²) in [5, 5.41) is 4.15. The number of hydrogen-bond donors (Lipinski definition) is 0. The Morgan fingerprint density at radius 2 is 2.12 bits per heavy atom. The molecule has 1 aliphatic heterocycles. The molecule has 0 spiro atoms. The van der Waals surface area contributed by atoms with Crippen molar-refractivity contribution in [3.8, 4) is 0 Å². The summed E-state index contributed by atoms with van der Waals surface area (Å²) in [6.45, 7) is 6.44. The maximum atomic E-state index is 12.4. The van der Waals surface area contributed by atoms with Gasteiger partial charge in [-0.05, 0) is 30.7 Å². The van der Waals surface area contributed by atoms with Gasteiger partial charge in [-0.2, -0.15) is 0 Å². The smallest absolute Gasteiger partial charge is 0.258 e. The average molecular weight is 500 g/mol. The van der Waals surface area contributed by atoms with E-state index in [1.807, 2.05) is 16.7 Å². The van der Waals surface area contributed by atoms with Crippen molar-refractivity contribution in [3.63, 3.8) is 0 Å². The molecule has 0 amide bonds. The highest BCUT2D eigenvalue weighted by Crippen LogP contribution is 2.41. The maximum absolute atomic E-state index is 12.4. The lowest BCUT2D eigenvalue weighted by Gasteiger charge is -2.25. The Labute approximate surface area is 203 Å². The van der Waals surface area contributed by atoms with Crippen molar-refractivity contribution in [2.75, 3.05) is 26.3 Å². The van der Waals surface area contributed by atoms with E-state index in [2.05, 4.69) is 11.8 Å². The van der Waals surface area contributed by atoms with Gasteiger partial charge in [0.2, 0.25) is 0 Å². The molecule has 7 nitrogen and oxygen atoms in total. The molecule has 0 saturated carbocycles. The molecule has 0 N–H and O–H groups in total. The summed E-state index contributed by atoms with van der Waals surface area (Å²) in [5.74, 6) is 2.21. The van der Waals surface area contributed by atoms with E-state index in [-0.39, 0.29) is 5.56 Å². The number of rotatable bonds is 5. The molecule has 4 aromatic heterocycles. The van der Waals surface area contributed by atoms with Crippen LogP contribution in [0.5, 0.6) is 0 Å². The zero-order valence-electron chi connectivity index (χ0n) is 18.5. The minimum absolute atomic E-state index is 0.0282. The molecule has 5 heterocycles. The number of hydrogen-bond acceptors (Lipinski definition) is 9. The van der Waals surface area contributed by atoms with E-state index < -0.39 is 0 Å². The second kappa shape index (κ2) is 9.07. The molecule has 4 aromatic rings. The Morgan fingerprint density at radius 3 is 3.00 bits per heavy atom. The van der Waals surface area contributed by atoms with Gasteiger partial charge in [0.15, 0.2) is 4.96 Å². The van der Waals surface area contributed by atoms with Crippen LogP contribution in [-0.4, -0.2) is 50.6 Å². The minimum atomic E-state index is -0.0282. The Bertz CT molecular complexity index is 1370. The van der Waals surface area contributed by atoms with E-state index >= 15 is 0 Å². The van der Waals surface area contributed by atoms with Crippen LogP contribution < -0.4 is 5.56 Å². The largest absolute Gasteiger partial charge is 0.379 e. The van der Waals surface area contributed by atoms with Gasteiger partial charge in [-0.1, -0.05) is 18.7 Å². The van der Waals surface area contributed by atoms with Crippen LogP contribution in [0.15, 0.2) is 27.5 Å². The fourth-order valence-electron chi connectivity index (χ4n) is 4.59. The molecule has 1 saturated heterocycles. The van der Waals surface area contributed by atoms with E-state index in [9.17, 15) is 4.79 Å². The lowest BCUT2D eigenvalue weighted by Crippen LogP contribution is -2.36. The first-order valence-corrected chi connectivity index (χ1v) is 14.0. The van der Waals surface area contributed by atoms with Gasteiger partial charge in [0, 0.05) is 46.7 Å². The fourth-order valence-corrected chi connectivity index (χ4v) is 7.76. The Hall–Kier alpha value is -1.85. The van der Waals surface area contributed by atoms with Crippen molar-refractivity contribution in [1.29, 1.82) is 0 Å². The first kappa shape index (κ1) is 21.7. The van der Waals surface area contributed by atoms with Crippen LogP contribution in [0.4, 0.5) is 0 Å². The molecular weight excluding hydrogens is 474 g/mol. The quantitative estimate of drug-likeness (QED) is 0.303. The number of nitrogens with zero attached hydrogens (tertiary/aromatic N) is 5. The van der Waals surface area contributed by atoms with Gasteiger partial charge >= 0.3 is 0 Å². The zero-order valence-corrected chi connectivity index (χ0v) is 20.9. The third-order valence-electron chi connectivity index (χ3n) is 6.35. The molecule has 1 unspecified atom stereocenters. The number of aromatic nitrogens is 4.